The van der Waals surface area contributed by atoms with Crippen LogP contribution in [-0.2, 0) is 18.2 Å². The fourth-order valence-electron chi connectivity index (χ4n) is 9.93. The van der Waals surface area contributed by atoms with E-state index in [0.29, 0.717) is 88.7 Å². The molecule has 33 heteroatoms. The molecule has 0 saturated carbocycles. The number of nitro groups is 2. The third kappa shape index (κ3) is 20.7. The number of carboxylic acid groups (broad SMARTS) is 1. The Morgan fingerprint density at radius 3 is 1.24 bits per heavy atom. The molecule has 2 amide bonds. The molecule has 7 aliphatic rings. The van der Waals surface area contributed by atoms with Crippen LogP contribution in [0.1, 0.15) is 120 Å². The van der Waals surface area contributed by atoms with Gasteiger partial charge in [0.1, 0.15) is 17.2 Å². The molecule has 2 unspecified atom stereocenters. The van der Waals surface area contributed by atoms with Gasteiger partial charge in [-0.2, -0.15) is 30.7 Å². The normalized spacial score (nSPS) is 18.0. The van der Waals surface area contributed by atoms with E-state index in [4.69, 9.17) is 24.0 Å². The second-order valence-electron chi connectivity index (χ2n) is 22.4. The first-order valence-corrected chi connectivity index (χ1v) is 33.0. The minimum Gasteiger partial charge on any atom is -0.508 e. The summed E-state index contributed by atoms with van der Waals surface area (Å²) in [7, 11) is -7.69. The predicted molar refractivity (Wildman–Crippen MR) is 330 cm³/mol. The van der Waals surface area contributed by atoms with Crippen molar-refractivity contribution in [1.29, 1.82) is 0 Å². The highest BCUT2D eigenvalue weighted by Crippen LogP contribution is 2.66. The van der Waals surface area contributed by atoms with E-state index in [1.54, 1.807) is 29.2 Å². The number of benzene rings is 5. The molecule has 0 aliphatic carbocycles. The third-order valence-electron chi connectivity index (χ3n) is 15.1. The van der Waals surface area contributed by atoms with Gasteiger partial charge in [-0.05, 0) is 154 Å². The molecule has 2 atom stereocenters. The van der Waals surface area contributed by atoms with Gasteiger partial charge in [-0.1, -0.05) is 32.0 Å². The zero-order valence-electron chi connectivity index (χ0n) is 50.2. The van der Waals surface area contributed by atoms with Crippen LogP contribution in [0.3, 0.4) is 0 Å². The van der Waals surface area contributed by atoms with E-state index in [-0.39, 0.29) is 42.1 Å². The van der Waals surface area contributed by atoms with Crippen LogP contribution < -0.4 is 10.1 Å². The number of phenols is 2. The number of phenolic OH excluding ortho intramolecular Hbond substituents is 2. The SMILES string of the molecule is C.C1CCNCC1.O=C(O)c1cccc(O)c1.O=C(c1cccc(O)c1)N1CCCCC1.O=C(c1cccc(Oc2cc(C(OP(=O)(N3CC3)N3CC3)C(F)(F)F)ccc2[N+](=O)[O-])c1)N1CCCCC1.O=[N+]([O-])c1ccc(C(OP(=O)(N2CC2)N2CC2)C(F)(F)F)cc1F. The second kappa shape index (κ2) is 32.7. The maximum Gasteiger partial charge on any atom is 0.419 e. The van der Waals surface area contributed by atoms with Gasteiger partial charge in [0, 0.05) is 102 Å². The number of likely N-dealkylation sites (tertiary alicyclic amines) is 2. The van der Waals surface area contributed by atoms with Crippen molar-refractivity contribution in [3.05, 3.63) is 163 Å². The van der Waals surface area contributed by atoms with Gasteiger partial charge >= 0.3 is 45.0 Å². The van der Waals surface area contributed by atoms with Gasteiger partial charge in [0.2, 0.25) is 11.6 Å². The van der Waals surface area contributed by atoms with Crippen LogP contribution in [0.2, 0.25) is 0 Å². The van der Waals surface area contributed by atoms with E-state index in [1.807, 2.05) is 4.90 Å². The number of hydrogen-bond acceptors (Lipinski definition) is 15. The van der Waals surface area contributed by atoms with Gasteiger partial charge in [-0.15, -0.1) is 0 Å². The molecular formula is C61H74F7N9O15P2. The summed E-state index contributed by atoms with van der Waals surface area (Å²) in [6, 6.07) is 22.5. The molecule has 0 spiro atoms. The molecule has 7 aliphatic heterocycles. The van der Waals surface area contributed by atoms with E-state index < -0.39 is 89.8 Å². The molecule has 7 heterocycles. The maximum atomic E-state index is 14.1. The molecule has 5 aromatic rings. The Kier molecular flexibility index (Phi) is 25.7. The largest absolute Gasteiger partial charge is 0.508 e. The van der Waals surface area contributed by atoms with Crippen LogP contribution in [0.15, 0.2) is 109 Å². The van der Waals surface area contributed by atoms with Crippen molar-refractivity contribution in [1.82, 2.24) is 33.8 Å². The third-order valence-corrected chi connectivity index (χ3v) is 20.6. The molecule has 4 N–H and O–H groups in total. The Balaban J connectivity index is 0.000000189. The number of carboxylic acids is 1. The number of nitrogens with one attached hydrogen (secondary N) is 1. The number of ether oxygens (including phenoxy) is 1. The molecule has 7 saturated heterocycles. The molecular weight excluding hydrogens is 1290 g/mol. The molecule has 512 valence electrons. The molecule has 24 nitrogen and oxygen atoms in total. The quantitative estimate of drug-likeness (QED) is 0.0221. The lowest BCUT2D eigenvalue weighted by molar-refractivity contribution is -0.387. The minimum absolute atomic E-state index is 0. The van der Waals surface area contributed by atoms with Crippen molar-refractivity contribution in [3.8, 4) is 23.0 Å². The summed E-state index contributed by atoms with van der Waals surface area (Å²) in [5.74, 6) is -2.91. The van der Waals surface area contributed by atoms with E-state index in [9.17, 15) is 79.6 Å². The number of aromatic carboxylic acids is 1. The number of nitrogens with zero attached hydrogens (tertiary/aromatic N) is 8. The average Bonchev–Trinajstić information content (AvgIpc) is 1.59. The second-order valence-corrected chi connectivity index (χ2v) is 27.0. The standard InChI is InChI=1S/C24H26F3N4O6P.C12H12F4N3O4P.C12H15NO2.C7H6O3.C5H11N.CH4/c25-24(26,27)22(37-38(35,29-11-12-29)30-13-14-30)17-7-8-20(31(33)34)21(16-17)36-19-6-4-5-18(15-19)23(32)28-9-2-1-3-10-28;13-9-7-8(1-2-10(9)19(20)21)11(12(14,15)16)23-24(22,17-3-4-17)18-5-6-18;14-11-6-4-5-10(9-11)12(15)13-7-2-1-3-8-13;8-6-3-1-2-5(4-6)7(9)10;1-2-4-6-5-3-1;/h4-8,15-16,22H,1-3,9-14H2;1-2,7,11H,3-6H2;4-6,9,14H,1-3,7-8H2;1-4,8H,(H,9,10);6H,1-5H2;1H4. The Morgan fingerprint density at radius 1 is 0.511 bits per heavy atom. The topological polar surface area (TPSA) is 291 Å². The van der Waals surface area contributed by atoms with Crippen molar-refractivity contribution < 1.29 is 93.2 Å². The van der Waals surface area contributed by atoms with E-state index >= 15 is 0 Å². The summed E-state index contributed by atoms with van der Waals surface area (Å²) < 4.78 is 143. The molecule has 7 fully saturated rings. The maximum absolute atomic E-state index is 14.1. The highest BCUT2D eigenvalue weighted by molar-refractivity contribution is 7.54. The summed E-state index contributed by atoms with van der Waals surface area (Å²) in [6.45, 7) is 8.28. The Morgan fingerprint density at radius 2 is 0.894 bits per heavy atom. The first kappa shape index (κ1) is 73.8. The first-order valence-electron chi connectivity index (χ1n) is 30.0. The van der Waals surface area contributed by atoms with Crippen LogP contribution in [-0.4, -0.2) is 175 Å². The van der Waals surface area contributed by atoms with Crippen molar-refractivity contribution in [2.45, 2.75) is 89.8 Å². The number of piperidine rings is 3. The molecule has 5 aromatic carbocycles. The number of alkyl halides is 6. The number of carbonyl (C=O) groups excluding carboxylic acids is 2. The molecule has 12 rings (SSSR count). The first-order chi connectivity index (χ1) is 44.2. The lowest BCUT2D eigenvalue weighted by Gasteiger charge is -2.28. The van der Waals surface area contributed by atoms with Gasteiger partial charge in [0.15, 0.2) is 12.2 Å². The molecule has 0 bridgehead atoms. The summed E-state index contributed by atoms with van der Waals surface area (Å²) in [5, 5.41) is 52.0. The number of rotatable bonds is 17. The van der Waals surface area contributed by atoms with E-state index in [2.05, 4.69) is 5.32 Å². The van der Waals surface area contributed by atoms with Gasteiger partial charge < -0.3 is 35.2 Å². The van der Waals surface area contributed by atoms with Crippen LogP contribution in [0, 0.1) is 26.0 Å². The van der Waals surface area contributed by atoms with Crippen LogP contribution in [0.4, 0.5) is 42.1 Å². The Bertz CT molecular complexity index is 3500. The van der Waals surface area contributed by atoms with Crippen LogP contribution in [0.5, 0.6) is 23.0 Å². The van der Waals surface area contributed by atoms with Crippen molar-refractivity contribution >= 4 is 44.5 Å². The van der Waals surface area contributed by atoms with Gasteiger partial charge in [0.25, 0.3) is 11.8 Å². The lowest BCUT2D eigenvalue weighted by Crippen LogP contribution is -2.35. The zero-order chi connectivity index (χ0) is 67.3. The van der Waals surface area contributed by atoms with Gasteiger partial charge in [-0.3, -0.25) is 48.0 Å². The smallest absolute Gasteiger partial charge is 0.419 e. The Hall–Kier alpha value is -7.60. The number of amides is 2. The monoisotopic (exact) mass is 1370 g/mol. The van der Waals surface area contributed by atoms with Crippen molar-refractivity contribution in [2.75, 3.05) is 91.6 Å². The zero-order valence-corrected chi connectivity index (χ0v) is 52.0. The predicted octanol–water partition coefficient (Wildman–Crippen LogP) is 13.0. The summed E-state index contributed by atoms with van der Waals surface area (Å²) in [4.78, 5) is 59.1. The van der Waals surface area contributed by atoms with Gasteiger partial charge in [-0.25, -0.2) is 23.5 Å². The van der Waals surface area contributed by atoms with E-state index in [1.165, 1.54) is 106 Å². The fraction of sp³-hybridized carbons (Fsp3) is 0.459. The summed E-state index contributed by atoms with van der Waals surface area (Å²) in [6.07, 6.45) is -4.70. The molecule has 94 heavy (non-hydrogen) atoms. The summed E-state index contributed by atoms with van der Waals surface area (Å²) in [5.41, 5.74) is -1.69. The van der Waals surface area contributed by atoms with Crippen LogP contribution in [0.25, 0.3) is 0 Å². The molecule has 0 aromatic heterocycles. The number of nitro benzene ring substituents is 2. The number of halogens is 7. The highest BCUT2D eigenvalue weighted by atomic mass is 31.2. The lowest BCUT2D eigenvalue weighted by atomic mass is 10.1. The minimum atomic E-state index is -4.95. The number of carbonyl (C=O) groups is 3. The van der Waals surface area contributed by atoms with Crippen LogP contribution >= 0.6 is 15.3 Å². The van der Waals surface area contributed by atoms with Crippen molar-refractivity contribution in [3.63, 3.8) is 0 Å². The fourth-order valence-corrected chi connectivity index (χ4v) is 14.6. The average molecular weight is 1370 g/mol. The molecule has 0 radical (unpaired) electrons. The Labute approximate surface area is 537 Å². The van der Waals surface area contributed by atoms with E-state index in [0.717, 1.165) is 69.5 Å². The summed E-state index contributed by atoms with van der Waals surface area (Å²) >= 11 is 0. The van der Waals surface area contributed by atoms with Crippen molar-refractivity contribution in [2.24, 2.45) is 0 Å². The number of hydrogen-bond donors (Lipinski definition) is 4. The highest BCUT2D eigenvalue weighted by Gasteiger charge is 2.57. The number of aromatic hydroxyl groups is 2. The van der Waals surface area contributed by atoms with Gasteiger partial charge in [0.05, 0.1) is 15.4 Å².